The Morgan fingerprint density at radius 3 is 2.50 bits per heavy atom. The maximum atomic E-state index is 12.4. The second-order valence-corrected chi connectivity index (χ2v) is 6.91. The minimum atomic E-state index is -1.11. The number of carbonyl (C=O) groups is 1. The van der Waals surface area contributed by atoms with Crippen molar-refractivity contribution in [2.75, 3.05) is 4.90 Å². The van der Waals surface area contributed by atoms with Crippen LogP contribution in [0.2, 0.25) is 0 Å². The van der Waals surface area contributed by atoms with Gasteiger partial charge in [0.25, 0.3) is 5.69 Å². The first-order valence-corrected chi connectivity index (χ1v) is 9.33. The van der Waals surface area contributed by atoms with Gasteiger partial charge in [-0.25, -0.2) is 0 Å². The van der Waals surface area contributed by atoms with Gasteiger partial charge in [0.05, 0.1) is 16.6 Å². The molecule has 9 heteroatoms. The van der Waals surface area contributed by atoms with Gasteiger partial charge in [-0.15, -0.1) is 0 Å². The van der Waals surface area contributed by atoms with Crippen molar-refractivity contribution in [3.63, 3.8) is 0 Å². The van der Waals surface area contributed by atoms with Crippen LogP contribution in [0.15, 0.2) is 71.1 Å². The van der Waals surface area contributed by atoms with E-state index in [9.17, 15) is 20.2 Å². The molecular formula is C21H14N4O4S. The number of nitriles is 1. The van der Waals surface area contributed by atoms with Gasteiger partial charge in [-0.05, 0) is 30.3 Å². The van der Waals surface area contributed by atoms with Crippen LogP contribution >= 0.6 is 12.2 Å². The summed E-state index contributed by atoms with van der Waals surface area (Å²) in [5, 5.41) is 23.5. The Balaban J connectivity index is 1.78. The van der Waals surface area contributed by atoms with Crippen LogP contribution in [-0.4, -0.2) is 15.8 Å². The third-order valence-corrected chi connectivity index (χ3v) is 5.14. The number of furan rings is 1. The molecule has 0 aliphatic carbocycles. The molecule has 2 atom stereocenters. The van der Waals surface area contributed by atoms with E-state index in [4.69, 9.17) is 16.6 Å². The zero-order valence-corrected chi connectivity index (χ0v) is 16.2. The van der Waals surface area contributed by atoms with Crippen LogP contribution in [0.3, 0.4) is 0 Å². The summed E-state index contributed by atoms with van der Waals surface area (Å²) in [4.78, 5) is 25.1. The summed E-state index contributed by atoms with van der Waals surface area (Å²) >= 11 is 5.45. The standard InChI is InChI=1S/C21H14N4O4S/c22-12-15-20(26)23-19(24(21(15)30)13-6-2-1-3-7-13)18-11-10-17(29-18)14-8-4-5-9-16(14)25(27)28/h1-11,15,19H,(H,23,26). The van der Waals surface area contributed by atoms with Gasteiger partial charge in [0, 0.05) is 11.8 Å². The lowest BCUT2D eigenvalue weighted by molar-refractivity contribution is -0.384. The number of thiocarbonyl (C=S) groups is 1. The van der Waals surface area contributed by atoms with E-state index in [1.807, 2.05) is 24.3 Å². The van der Waals surface area contributed by atoms with Crippen LogP contribution < -0.4 is 10.2 Å². The van der Waals surface area contributed by atoms with Crippen molar-refractivity contribution in [1.29, 1.82) is 5.26 Å². The van der Waals surface area contributed by atoms with Gasteiger partial charge in [-0.1, -0.05) is 42.5 Å². The number of anilines is 1. The van der Waals surface area contributed by atoms with Gasteiger partial charge in [-0.3, -0.25) is 14.9 Å². The molecule has 2 aromatic carbocycles. The summed E-state index contributed by atoms with van der Waals surface area (Å²) in [5.74, 6) is -1.02. The molecular weight excluding hydrogens is 404 g/mol. The lowest BCUT2D eigenvalue weighted by atomic mass is 10.0. The van der Waals surface area contributed by atoms with Gasteiger partial charge in [0.15, 0.2) is 12.1 Å². The number of hydrogen-bond donors (Lipinski definition) is 1. The van der Waals surface area contributed by atoms with Gasteiger partial charge in [0.1, 0.15) is 16.5 Å². The van der Waals surface area contributed by atoms with E-state index in [0.29, 0.717) is 17.0 Å². The maximum Gasteiger partial charge on any atom is 0.280 e. The van der Waals surface area contributed by atoms with Crippen molar-refractivity contribution in [3.05, 3.63) is 82.6 Å². The molecule has 0 saturated carbocycles. The van der Waals surface area contributed by atoms with E-state index in [1.165, 1.54) is 6.07 Å². The average Bonchev–Trinajstić information content (AvgIpc) is 3.24. The molecule has 1 aliphatic heterocycles. The number of amides is 1. The van der Waals surface area contributed by atoms with Gasteiger partial charge in [-0.2, -0.15) is 5.26 Å². The maximum absolute atomic E-state index is 12.4. The number of nitrogens with one attached hydrogen (secondary N) is 1. The molecule has 1 saturated heterocycles. The summed E-state index contributed by atoms with van der Waals surface area (Å²) in [6.45, 7) is 0. The molecule has 1 aromatic heterocycles. The molecule has 0 radical (unpaired) electrons. The summed E-state index contributed by atoms with van der Waals surface area (Å²) < 4.78 is 5.91. The monoisotopic (exact) mass is 418 g/mol. The van der Waals surface area contributed by atoms with E-state index >= 15 is 0 Å². The third kappa shape index (κ3) is 3.29. The van der Waals surface area contributed by atoms with Crippen LogP contribution in [-0.2, 0) is 4.79 Å². The molecule has 1 amide bonds. The van der Waals surface area contributed by atoms with Crippen molar-refractivity contribution in [2.24, 2.45) is 5.92 Å². The Kier molecular flexibility index (Phi) is 5.00. The Labute approximate surface area is 176 Å². The first-order valence-electron chi connectivity index (χ1n) is 8.93. The van der Waals surface area contributed by atoms with E-state index in [1.54, 1.807) is 47.4 Å². The third-order valence-electron chi connectivity index (χ3n) is 4.71. The van der Waals surface area contributed by atoms with Crippen molar-refractivity contribution in [3.8, 4) is 17.4 Å². The number of nitro groups is 1. The van der Waals surface area contributed by atoms with E-state index in [-0.39, 0.29) is 16.4 Å². The number of nitrogens with zero attached hydrogens (tertiary/aromatic N) is 3. The highest BCUT2D eigenvalue weighted by atomic mass is 32.1. The highest BCUT2D eigenvalue weighted by Gasteiger charge is 2.41. The zero-order valence-electron chi connectivity index (χ0n) is 15.4. The molecule has 8 nitrogen and oxygen atoms in total. The molecule has 2 unspecified atom stereocenters. The summed E-state index contributed by atoms with van der Waals surface area (Å²) in [5.41, 5.74) is 0.905. The molecule has 4 rings (SSSR count). The molecule has 1 aliphatic rings. The lowest BCUT2D eigenvalue weighted by Gasteiger charge is -2.38. The van der Waals surface area contributed by atoms with Crippen LogP contribution in [0.5, 0.6) is 0 Å². The van der Waals surface area contributed by atoms with Crippen LogP contribution in [0.25, 0.3) is 11.3 Å². The highest BCUT2D eigenvalue weighted by molar-refractivity contribution is 7.80. The predicted octanol–water partition coefficient (Wildman–Crippen LogP) is 3.96. The molecule has 1 N–H and O–H groups in total. The topological polar surface area (TPSA) is 112 Å². The Morgan fingerprint density at radius 2 is 1.80 bits per heavy atom. The fourth-order valence-corrected chi connectivity index (χ4v) is 3.69. The van der Waals surface area contributed by atoms with E-state index in [2.05, 4.69) is 5.32 Å². The first kappa shape index (κ1) is 19.3. The molecule has 148 valence electrons. The zero-order chi connectivity index (χ0) is 21.3. The number of rotatable bonds is 4. The van der Waals surface area contributed by atoms with Gasteiger partial charge < -0.3 is 14.6 Å². The summed E-state index contributed by atoms with van der Waals surface area (Å²) in [6.07, 6.45) is -0.798. The second-order valence-electron chi connectivity index (χ2n) is 6.49. The minimum absolute atomic E-state index is 0.0916. The van der Waals surface area contributed by atoms with Crippen molar-refractivity contribution >= 4 is 34.5 Å². The van der Waals surface area contributed by atoms with Crippen molar-refractivity contribution < 1.29 is 14.1 Å². The SMILES string of the molecule is N#CC1C(=O)NC(c2ccc(-c3ccccc3[N+](=O)[O-])o2)N(c2ccccc2)C1=S. The highest BCUT2D eigenvalue weighted by Crippen LogP contribution is 2.36. The van der Waals surface area contributed by atoms with Crippen molar-refractivity contribution in [1.82, 2.24) is 5.32 Å². The quantitative estimate of drug-likeness (QED) is 0.388. The van der Waals surface area contributed by atoms with E-state index < -0.39 is 22.9 Å². The molecule has 3 aromatic rings. The van der Waals surface area contributed by atoms with E-state index in [0.717, 1.165) is 0 Å². The van der Waals surface area contributed by atoms with Crippen LogP contribution in [0.4, 0.5) is 11.4 Å². The minimum Gasteiger partial charge on any atom is -0.457 e. The number of benzene rings is 2. The Morgan fingerprint density at radius 1 is 1.10 bits per heavy atom. The van der Waals surface area contributed by atoms with Crippen molar-refractivity contribution in [2.45, 2.75) is 6.17 Å². The summed E-state index contributed by atoms with van der Waals surface area (Å²) in [7, 11) is 0. The largest absolute Gasteiger partial charge is 0.457 e. The number of nitro benzene ring substituents is 1. The molecule has 2 heterocycles. The fraction of sp³-hybridized carbons (Fsp3) is 0.0952. The van der Waals surface area contributed by atoms with Gasteiger partial charge in [0.2, 0.25) is 5.91 Å². The number of hydrogen-bond acceptors (Lipinski definition) is 6. The normalized spacial score (nSPS) is 18.6. The molecule has 1 fully saturated rings. The van der Waals surface area contributed by atoms with Gasteiger partial charge >= 0.3 is 0 Å². The predicted molar refractivity (Wildman–Crippen MR) is 112 cm³/mol. The average molecular weight is 418 g/mol. The van der Waals surface area contributed by atoms with Crippen LogP contribution in [0, 0.1) is 27.4 Å². The number of carbonyl (C=O) groups excluding carboxylic acids is 1. The lowest BCUT2D eigenvalue weighted by Crippen LogP contribution is -2.55. The summed E-state index contributed by atoms with van der Waals surface area (Å²) in [6, 6.07) is 20.5. The fourth-order valence-electron chi connectivity index (χ4n) is 3.32. The first-order chi connectivity index (χ1) is 14.5. The molecule has 0 bridgehead atoms. The smallest absolute Gasteiger partial charge is 0.280 e. The molecule has 0 spiro atoms. The Bertz CT molecular complexity index is 1180. The second kappa shape index (κ2) is 7.77. The Hall–Kier alpha value is -4.03. The molecule has 30 heavy (non-hydrogen) atoms. The number of para-hydroxylation sites is 2. The van der Waals surface area contributed by atoms with Crippen LogP contribution in [0.1, 0.15) is 11.9 Å².